The Morgan fingerprint density at radius 1 is 1.26 bits per heavy atom. The fraction of sp³-hybridized carbons (Fsp3) is 0.308. The van der Waals surface area contributed by atoms with Crippen LogP contribution in [0.2, 0.25) is 5.02 Å². The number of nitrogens with zero attached hydrogens (tertiary/aromatic N) is 3. The van der Waals surface area contributed by atoms with E-state index in [0.717, 1.165) is 0 Å². The van der Waals surface area contributed by atoms with E-state index in [4.69, 9.17) is 22.1 Å². The van der Waals surface area contributed by atoms with Crippen molar-refractivity contribution in [2.75, 3.05) is 5.32 Å². The molecule has 0 unspecified atom stereocenters. The smallest absolute Gasteiger partial charge is 0.209 e. The van der Waals surface area contributed by atoms with Crippen LogP contribution < -0.4 is 10.6 Å². The van der Waals surface area contributed by atoms with Crippen molar-refractivity contribution in [2.24, 2.45) is 4.99 Å². The first-order valence-electron chi connectivity index (χ1n) is 5.57. The summed E-state index contributed by atoms with van der Waals surface area (Å²) in [4.78, 5) is 4.32. The number of guanidine groups is 1. The molecule has 0 atom stereocenters. The lowest BCUT2D eigenvalue weighted by atomic mass is 10.1. The summed E-state index contributed by atoms with van der Waals surface area (Å²) in [5.41, 5.74) is 0.680. The summed E-state index contributed by atoms with van der Waals surface area (Å²) < 4.78 is 0. The number of nitriles is 2. The lowest BCUT2D eigenvalue weighted by Gasteiger charge is -2.16. The van der Waals surface area contributed by atoms with Gasteiger partial charge < -0.3 is 5.32 Å². The maximum absolute atomic E-state index is 8.88. The highest BCUT2D eigenvalue weighted by atomic mass is 35.5. The van der Waals surface area contributed by atoms with Crippen molar-refractivity contribution in [3.05, 3.63) is 28.8 Å². The Kier molecular flexibility index (Phi) is 4.74. The van der Waals surface area contributed by atoms with Gasteiger partial charge in [0.15, 0.2) is 6.19 Å². The van der Waals surface area contributed by atoms with E-state index in [1.807, 2.05) is 33.0 Å². The minimum atomic E-state index is -0.344. The predicted molar refractivity (Wildman–Crippen MR) is 75.7 cm³/mol. The van der Waals surface area contributed by atoms with Crippen LogP contribution in [0.15, 0.2) is 23.2 Å². The van der Waals surface area contributed by atoms with Gasteiger partial charge in [-0.2, -0.15) is 10.5 Å². The summed E-state index contributed by atoms with van der Waals surface area (Å²) in [6.07, 6.45) is 1.81. The number of anilines is 1. The zero-order valence-electron chi connectivity index (χ0n) is 11.0. The maximum atomic E-state index is 8.88. The van der Waals surface area contributed by atoms with Gasteiger partial charge in [0, 0.05) is 10.7 Å². The Bertz CT molecular complexity index is 572. The molecular weight excluding hydrogens is 262 g/mol. The number of nitrogens with one attached hydrogen (secondary N) is 2. The molecule has 0 spiro atoms. The Hall–Kier alpha value is -2.24. The van der Waals surface area contributed by atoms with Crippen LogP contribution >= 0.6 is 11.6 Å². The second-order valence-electron chi connectivity index (χ2n) is 4.83. The topological polar surface area (TPSA) is 84.0 Å². The molecule has 1 aromatic rings. The quantitative estimate of drug-likeness (QED) is 0.357. The molecule has 0 aliphatic rings. The molecule has 1 aromatic carbocycles. The van der Waals surface area contributed by atoms with Crippen molar-refractivity contribution in [2.45, 2.75) is 26.3 Å². The summed E-state index contributed by atoms with van der Waals surface area (Å²) in [5, 5.41) is 23.4. The molecule has 0 aliphatic carbocycles. The number of rotatable bonds is 1. The molecule has 98 valence electrons. The Morgan fingerprint density at radius 2 is 1.95 bits per heavy atom. The summed E-state index contributed by atoms with van der Waals surface area (Å²) in [5.74, 6) is 0.307. The third-order valence-corrected chi connectivity index (χ3v) is 2.13. The largest absolute Gasteiger partial charge is 0.325 e. The lowest BCUT2D eigenvalue weighted by Crippen LogP contribution is -2.30. The Balaban J connectivity index is 3.05. The molecule has 0 radical (unpaired) electrons. The van der Waals surface area contributed by atoms with Gasteiger partial charge in [0.05, 0.1) is 17.2 Å². The van der Waals surface area contributed by atoms with Crippen molar-refractivity contribution in [3.63, 3.8) is 0 Å². The summed E-state index contributed by atoms with van der Waals surface area (Å²) in [6.45, 7) is 5.73. The molecule has 0 heterocycles. The van der Waals surface area contributed by atoms with Gasteiger partial charge >= 0.3 is 0 Å². The second kappa shape index (κ2) is 6.08. The van der Waals surface area contributed by atoms with Gasteiger partial charge in [0.2, 0.25) is 5.96 Å². The molecule has 6 heteroatoms. The van der Waals surface area contributed by atoms with Crippen LogP contribution in [0.25, 0.3) is 0 Å². The first-order valence-corrected chi connectivity index (χ1v) is 5.94. The third-order valence-electron chi connectivity index (χ3n) is 1.91. The van der Waals surface area contributed by atoms with Gasteiger partial charge in [-0.1, -0.05) is 11.6 Å². The third kappa shape index (κ3) is 5.29. The molecule has 0 saturated heterocycles. The van der Waals surface area contributed by atoms with E-state index in [1.54, 1.807) is 18.2 Å². The molecule has 0 fully saturated rings. The van der Waals surface area contributed by atoms with Gasteiger partial charge in [0.25, 0.3) is 0 Å². The molecule has 1 rings (SSSR count). The zero-order chi connectivity index (χ0) is 14.5. The van der Waals surface area contributed by atoms with Crippen molar-refractivity contribution in [1.82, 2.24) is 5.32 Å². The predicted octanol–water partition coefficient (Wildman–Crippen LogP) is 2.85. The zero-order valence-corrected chi connectivity index (χ0v) is 11.7. The van der Waals surface area contributed by atoms with E-state index in [9.17, 15) is 0 Å². The monoisotopic (exact) mass is 275 g/mol. The van der Waals surface area contributed by atoms with Gasteiger partial charge in [-0.05, 0) is 39.0 Å². The van der Waals surface area contributed by atoms with E-state index in [1.165, 1.54) is 0 Å². The molecule has 0 bridgehead atoms. The highest BCUT2D eigenvalue weighted by Crippen LogP contribution is 2.19. The second-order valence-corrected chi connectivity index (χ2v) is 5.27. The lowest BCUT2D eigenvalue weighted by molar-refractivity contribution is 0.581. The average Bonchev–Trinajstić information content (AvgIpc) is 2.26. The SMILES string of the molecule is CC(C)(C)N=C(NC#N)Nc1cc(Cl)cc(C#N)c1. The minimum Gasteiger partial charge on any atom is -0.325 e. The minimum absolute atomic E-state index is 0.307. The molecule has 0 aromatic heterocycles. The van der Waals surface area contributed by atoms with Crippen LogP contribution in [0.5, 0.6) is 0 Å². The van der Waals surface area contributed by atoms with E-state index < -0.39 is 0 Å². The van der Waals surface area contributed by atoms with Gasteiger partial charge in [-0.25, -0.2) is 4.99 Å². The van der Waals surface area contributed by atoms with Gasteiger partial charge in [-0.3, -0.25) is 5.32 Å². The van der Waals surface area contributed by atoms with Crippen molar-refractivity contribution in [3.8, 4) is 12.3 Å². The normalized spacial score (nSPS) is 11.4. The molecule has 5 nitrogen and oxygen atoms in total. The van der Waals surface area contributed by atoms with Crippen LogP contribution in [0.1, 0.15) is 26.3 Å². The van der Waals surface area contributed by atoms with Gasteiger partial charge in [-0.15, -0.1) is 0 Å². The maximum Gasteiger partial charge on any atom is 0.209 e. The van der Waals surface area contributed by atoms with E-state index in [0.29, 0.717) is 22.2 Å². The number of aliphatic imine (C=N–C) groups is 1. The summed E-state index contributed by atoms with van der Waals surface area (Å²) in [7, 11) is 0. The molecule has 2 N–H and O–H groups in total. The molecule has 0 aliphatic heterocycles. The fourth-order valence-corrected chi connectivity index (χ4v) is 1.57. The van der Waals surface area contributed by atoms with E-state index in [2.05, 4.69) is 15.6 Å². The summed E-state index contributed by atoms with van der Waals surface area (Å²) >= 11 is 5.91. The standard InChI is InChI=1S/C13H14ClN5/c1-13(2,3)19-12(17-8-16)18-11-5-9(7-15)4-10(14)6-11/h4-6H,1-3H3,(H2,17,18,19). The summed E-state index contributed by atoms with van der Waals surface area (Å²) in [6, 6.07) is 6.85. The molecule has 0 saturated carbocycles. The van der Waals surface area contributed by atoms with E-state index >= 15 is 0 Å². The van der Waals surface area contributed by atoms with Crippen molar-refractivity contribution >= 4 is 23.2 Å². The highest BCUT2D eigenvalue weighted by Gasteiger charge is 2.10. The van der Waals surface area contributed by atoms with Crippen LogP contribution in [-0.4, -0.2) is 11.5 Å². The first-order chi connectivity index (χ1) is 8.84. The highest BCUT2D eigenvalue weighted by molar-refractivity contribution is 6.31. The van der Waals surface area contributed by atoms with Crippen LogP contribution in [-0.2, 0) is 0 Å². The van der Waals surface area contributed by atoms with Crippen LogP contribution in [0.4, 0.5) is 5.69 Å². The Labute approximate surface area is 117 Å². The molecular formula is C13H14ClN5. The average molecular weight is 276 g/mol. The van der Waals surface area contributed by atoms with Gasteiger partial charge in [0.1, 0.15) is 0 Å². The number of benzene rings is 1. The Morgan fingerprint density at radius 3 is 2.47 bits per heavy atom. The van der Waals surface area contributed by atoms with Crippen molar-refractivity contribution in [1.29, 1.82) is 10.5 Å². The van der Waals surface area contributed by atoms with Crippen molar-refractivity contribution < 1.29 is 0 Å². The van der Waals surface area contributed by atoms with Crippen LogP contribution in [0.3, 0.4) is 0 Å². The fourth-order valence-electron chi connectivity index (χ4n) is 1.34. The number of hydrogen-bond acceptors (Lipinski definition) is 3. The molecule has 0 amide bonds. The first kappa shape index (κ1) is 14.8. The van der Waals surface area contributed by atoms with Crippen LogP contribution in [0, 0.1) is 22.8 Å². The number of halogens is 1. The number of hydrogen-bond donors (Lipinski definition) is 2. The molecule has 19 heavy (non-hydrogen) atoms. The van der Waals surface area contributed by atoms with E-state index in [-0.39, 0.29) is 5.54 Å².